The van der Waals surface area contributed by atoms with E-state index in [1.807, 2.05) is 27.2 Å². The molecule has 10 heteroatoms. The molecule has 9 nitrogen and oxygen atoms in total. The summed E-state index contributed by atoms with van der Waals surface area (Å²) in [6, 6.07) is 0. The highest BCUT2D eigenvalue weighted by Gasteiger charge is 2.21. The molecule has 0 bridgehead atoms. The standard InChI is InChI=1S/C46H76NO8P/c1-6-8-10-12-14-16-18-20-22-23-25-27-29-31-33-35-37-39-46(49)55-44(43-54-56(50,51)53-41-40-47(3,4)5)42-52-45(48)38-36-34-32-30-28-26-24-21-19-17-15-13-11-9-7-2/h8-11,14-17,20-22,24-25,27,31,33,44H,6-7,12-13,18-19,23,26,28-30,32,34-43H2,1-5H3/b10-8-,11-9-,16-14-,17-15-,22-20-,24-21-,27-25-,33-31-. The number of hydrogen-bond acceptors (Lipinski definition) is 8. The van der Waals surface area contributed by atoms with Crippen LogP contribution in [0, 0.1) is 0 Å². The maximum absolute atomic E-state index is 12.6. The van der Waals surface area contributed by atoms with Gasteiger partial charge in [0, 0.05) is 12.8 Å². The molecule has 0 amide bonds. The van der Waals surface area contributed by atoms with E-state index in [1.54, 1.807) is 0 Å². The Labute approximate surface area is 341 Å². The smallest absolute Gasteiger partial charge is 0.306 e. The van der Waals surface area contributed by atoms with Gasteiger partial charge in [-0.05, 0) is 83.5 Å². The van der Waals surface area contributed by atoms with E-state index >= 15 is 0 Å². The first-order valence-electron chi connectivity index (χ1n) is 20.9. The number of nitrogens with zero attached hydrogens (tertiary/aromatic N) is 1. The van der Waals surface area contributed by atoms with Gasteiger partial charge in [-0.3, -0.25) is 14.2 Å². The van der Waals surface area contributed by atoms with E-state index in [1.165, 1.54) is 0 Å². The molecule has 56 heavy (non-hydrogen) atoms. The van der Waals surface area contributed by atoms with E-state index < -0.39 is 32.5 Å². The van der Waals surface area contributed by atoms with Crippen LogP contribution in [0.25, 0.3) is 0 Å². The third-order valence-corrected chi connectivity index (χ3v) is 9.06. The van der Waals surface area contributed by atoms with Crippen LogP contribution in [0.4, 0.5) is 0 Å². The van der Waals surface area contributed by atoms with Crippen LogP contribution in [-0.2, 0) is 32.7 Å². The Morgan fingerprint density at radius 1 is 0.554 bits per heavy atom. The number of quaternary nitrogens is 1. The van der Waals surface area contributed by atoms with Gasteiger partial charge in [-0.15, -0.1) is 0 Å². The number of hydrogen-bond donors (Lipinski definition) is 0. The fourth-order valence-corrected chi connectivity index (χ4v) is 5.61. The van der Waals surface area contributed by atoms with Crippen LogP contribution < -0.4 is 4.89 Å². The van der Waals surface area contributed by atoms with Crippen LogP contribution in [0.15, 0.2) is 97.2 Å². The molecule has 0 radical (unpaired) electrons. The Morgan fingerprint density at radius 2 is 0.982 bits per heavy atom. The molecular formula is C46H76NO8P. The van der Waals surface area contributed by atoms with E-state index in [0.717, 1.165) is 83.5 Å². The molecule has 0 aromatic carbocycles. The minimum atomic E-state index is -4.65. The van der Waals surface area contributed by atoms with E-state index in [2.05, 4.69) is 105 Å². The van der Waals surface area contributed by atoms with Crippen LogP contribution in [0.5, 0.6) is 0 Å². The lowest BCUT2D eigenvalue weighted by atomic mass is 10.1. The first kappa shape index (κ1) is 52.9. The largest absolute Gasteiger partial charge is 0.756 e. The predicted molar refractivity (Wildman–Crippen MR) is 231 cm³/mol. The Kier molecular flexibility index (Phi) is 35.4. The lowest BCUT2D eigenvalue weighted by Crippen LogP contribution is -2.37. The summed E-state index contributed by atoms with van der Waals surface area (Å²) < 4.78 is 33.8. The number of rotatable bonds is 36. The third kappa shape index (κ3) is 40.6. The molecule has 0 aliphatic rings. The van der Waals surface area contributed by atoms with E-state index in [9.17, 15) is 19.0 Å². The van der Waals surface area contributed by atoms with Gasteiger partial charge < -0.3 is 27.9 Å². The second-order valence-corrected chi connectivity index (χ2v) is 16.0. The zero-order chi connectivity index (χ0) is 41.4. The Morgan fingerprint density at radius 3 is 1.48 bits per heavy atom. The molecule has 0 saturated carbocycles. The number of ether oxygens (including phenoxy) is 2. The number of carbonyl (C=O) groups excluding carboxylic acids is 2. The summed E-state index contributed by atoms with van der Waals surface area (Å²) in [5.74, 6) is -0.935. The van der Waals surface area contributed by atoms with Crippen LogP contribution in [0.3, 0.4) is 0 Å². The maximum atomic E-state index is 12.6. The molecule has 0 fully saturated rings. The Balaban J connectivity index is 4.54. The number of likely N-dealkylation sites (N-methyl/N-ethyl adjacent to an activating group) is 1. The highest BCUT2D eigenvalue weighted by atomic mass is 31.2. The van der Waals surface area contributed by atoms with Crippen LogP contribution in [-0.4, -0.2) is 70.0 Å². The average Bonchev–Trinajstić information content (AvgIpc) is 3.15. The van der Waals surface area contributed by atoms with Gasteiger partial charge in [0.2, 0.25) is 0 Å². The SMILES string of the molecule is CC/C=C\C/C=C\C/C=C\C/C=C\C/C=C\CCCC(=O)OC(COC(=O)CCCCCCC/C=C\C/C=C\C/C=C\CC)COP(=O)([O-])OCC[N+](C)(C)C. The average molecular weight is 802 g/mol. The quantitative estimate of drug-likeness (QED) is 0.0202. The minimum Gasteiger partial charge on any atom is -0.756 e. The van der Waals surface area contributed by atoms with Crippen molar-refractivity contribution in [3.63, 3.8) is 0 Å². The van der Waals surface area contributed by atoms with Crippen molar-refractivity contribution in [3.8, 4) is 0 Å². The zero-order valence-corrected chi connectivity index (χ0v) is 36.4. The van der Waals surface area contributed by atoms with Gasteiger partial charge in [0.1, 0.15) is 19.8 Å². The molecule has 0 spiro atoms. The van der Waals surface area contributed by atoms with Crippen molar-refractivity contribution in [2.24, 2.45) is 0 Å². The number of carbonyl (C=O) groups is 2. The van der Waals surface area contributed by atoms with Crippen molar-refractivity contribution >= 4 is 19.8 Å². The molecule has 0 aromatic rings. The van der Waals surface area contributed by atoms with Crippen molar-refractivity contribution in [2.75, 3.05) is 47.5 Å². The third-order valence-electron chi connectivity index (χ3n) is 8.10. The summed E-state index contributed by atoms with van der Waals surface area (Å²) in [6.45, 7) is 3.88. The Bertz CT molecular complexity index is 1270. The molecular weight excluding hydrogens is 725 g/mol. The number of phosphoric ester groups is 1. The summed E-state index contributed by atoms with van der Waals surface area (Å²) in [6.07, 6.45) is 48.7. The summed E-state index contributed by atoms with van der Waals surface area (Å²) in [5.41, 5.74) is 0. The monoisotopic (exact) mass is 802 g/mol. The van der Waals surface area contributed by atoms with E-state index in [-0.39, 0.29) is 26.1 Å². The minimum absolute atomic E-state index is 0.0504. The first-order valence-corrected chi connectivity index (χ1v) is 22.4. The van der Waals surface area contributed by atoms with Crippen LogP contribution >= 0.6 is 7.82 Å². The normalized spacial score (nSPS) is 14.6. The summed E-state index contributed by atoms with van der Waals surface area (Å²) in [5, 5.41) is 0. The van der Waals surface area contributed by atoms with Crippen molar-refractivity contribution < 1.29 is 42.1 Å². The van der Waals surface area contributed by atoms with E-state index in [0.29, 0.717) is 30.3 Å². The lowest BCUT2D eigenvalue weighted by molar-refractivity contribution is -0.870. The summed E-state index contributed by atoms with van der Waals surface area (Å²) in [7, 11) is 1.10. The Hall–Kier alpha value is -3.07. The molecule has 2 unspecified atom stereocenters. The van der Waals surface area contributed by atoms with Crippen molar-refractivity contribution in [2.45, 2.75) is 136 Å². The van der Waals surface area contributed by atoms with Crippen molar-refractivity contribution in [1.29, 1.82) is 0 Å². The van der Waals surface area contributed by atoms with Gasteiger partial charge >= 0.3 is 11.9 Å². The van der Waals surface area contributed by atoms with Crippen LogP contribution in [0.2, 0.25) is 0 Å². The van der Waals surface area contributed by atoms with Gasteiger partial charge in [0.05, 0.1) is 27.7 Å². The molecule has 318 valence electrons. The molecule has 0 heterocycles. The van der Waals surface area contributed by atoms with Crippen molar-refractivity contribution in [1.82, 2.24) is 0 Å². The predicted octanol–water partition coefficient (Wildman–Crippen LogP) is 11.2. The molecule has 0 aromatic heterocycles. The topological polar surface area (TPSA) is 111 Å². The van der Waals surface area contributed by atoms with E-state index in [4.69, 9.17) is 18.5 Å². The highest BCUT2D eigenvalue weighted by Crippen LogP contribution is 2.38. The van der Waals surface area contributed by atoms with Crippen molar-refractivity contribution in [3.05, 3.63) is 97.2 Å². The number of allylic oxidation sites excluding steroid dienone is 16. The number of unbranched alkanes of at least 4 members (excludes halogenated alkanes) is 6. The van der Waals surface area contributed by atoms with Gasteiger partial charge in [0.25, 0.3) is 7.82 Å². The molecule has 0 N–H and O–H groups in total. The first-order chi connectivity index (χ1) is 27.0. The molecule has 0 saturated heterocycles. The second kappa shape index (κ2) is 37.5. The fraction of sp³-hybridized carbons (Fsp3) is 0.609. The summed E-state index contributed by atoms with van der Waals surface area (Å²) >= 11 is 0. The fourth-order valence-electron chi connectivity index (χ4n) is 4.88. The van der Waals surface area contributed by atoms with Crippen LogP contribution in [0.1, 0.15) is 129 Å². The molecule has 0 aliphatic carbocycles. The van der Waals surface area contributed by atoms with Gasteiger partial charge in [-0.2, -0.15) is 0 Å². The number of phosphoric acid groups is 1. The molecule has 0 rings (SSSR count). The second-order valence-electron chi connectivity index (χ2n) is 14.6. The highest BCUT2D eigenvalue weighted by molar-refractivity contribution is 7.45. The summed E-state index contributed by atoms with van der Waals surface area (Å²) in [4.78, 5) is 37.5. The van der Waals surface area contributed by atoms with Gasteiger partial charge in [-0.25, -0.2) is 0 Å². The molecule has 0 aliphatic heterocycles. The lowest BCUT2D eigenvalue weighted by Gasteiger charge is -2.28. The van der Waals surface area contributed by atoms with Gasteiger partial charge in [-0.1, -0.05) is 130 Å². The maximum Gasteiger partial charge on any atom is 0.306 e. The number of esters is 2. The molecule has 2 atom stereocenters. The zero-order valence-electron chi connectivity index (χ0n) is 35.5. The van der Waals surface area contributed by atoms with Gasteiger partial charge in [0.15, 0.2) is 6.10 Å².